The number of aryl methyl sites for hydroxylation is 1. The van der Waals surface area contributed by atoms with E-state index in [1.165, 1.54) is 12.3 Å². The molecule has 1 heterocycles. The number of benzene rings is 1. The smallest absolute Gasteiger partial charge is 0.348 e. The minimum absolute atomic E-state index is 0.0231. The predicted molar refractivity (Wildman–Crippen MR) is 94.9 cm³/mol. The lowest BCUT2D eigenvalue weighted by Gasteiger charge is -2.04. The first kappa shape index (κ1) is 18.4. The molecular weight excluding hydrogens is 322 g/mol. The van der Waals surface area contributed by atoms with Crippen LogP contribution in [0.15, 0.2) is 44.5 Å². The van der Waals surface area contributed by atoms with E-state index in [2.05, 4.69) is 11.9 Å². The number of rotatable bonds is 7. The highest BCUT2D eigenvalue weighted by molar-refractivity contribution is 5.90. The predicted octanol–water partition coefficient (Wildman–Crippen LogP) is 3.75. The number of unbranched alkanes of at least 4 members (excludes halogenated alkanes) is 2. The van der Waals surface area contributed by atoms with Crippen molar-refractivity contribution in [3.05, 3.63) is 57.6 Å². The van der Waals surface area contributed by atoms with Crippen molar-refractivity contribution >= 4 is 17.9 Å². The van der Waals surface area contributed by atoms with Crippen LogP contribution in [0.5, 0.6) is 5.75 Å². The third kappa shape index (κ3) is 5.31. The molecule has 25 heavy (non-hydrogen) atoms. The second kappa shape index (κ2) is 8.82. The quantitative estimate of drug-likeness (QED) is 0.470. The van der Waals surface area contributed by atoms with Crippen molar-refractivity contribution in [1.29, 1.82) is 0 Å². The maximum absolute atomic E-state index is 11.9. The first-order valence-corrected chi connectivity index (χ1v) is 8.16. The molecule has 0 amide bonds. The summed E-state index contributed by atoms with van der Waals surface area (Å²) in [5.74, 6) is -0.241. The summed E-state index contributed by atoms with van der Waals surface area (Å²) < 4.78 is 10.1. The first-order valence-electron chi connectivity index (χ1n) is 8.16. The highest BCUT2D eigenvalue weighted by Crippen LogP contribution is 2.16. The summed E-state index contributed by atoms with van der Waals surface area (Å²) in [5, 5.41) is 9.78. The molecule has 0 aliphatic heterocycles. The van der Waals surface area contributed by atoms with Gasteiger partial charge in [-0.15, -0.1) is 0 Å². The lowest BCUT2D eigenvalue weighted by molar-refractivity contribution is 0.0498. The molecule has 2 aromatic rings. The topological polar surface area (TPSA) is 89.1 Å². The minimum atomic E-state index is -0.659. The Morgan fingerprint density at radius 1 is 1.28 bits per heavy atom. The van der Waals surface area contributed by atoms with Crippen molar-refractivity contribution in [2.75, 3.05) is 6.61 Å². The maximum Gasteiger partial charge on any atom is 0.348 e. The summed E-state index contributed by atoms with van der Waals surface area (Å²) in [6.45, 7) is 4.07. The lowest BCUT2D eigenvalue weighted by atomic mass is 10.2. The van der Waals surface area contributed by atoms with Gasteiger partial charge in [-0.3, -0.25) is 4.99 Å². The number of esters is 1. The molecule has 0 saturated heterocycles. The summed E-state index contributed by atoms with van der Waals surface area (Å²) in [7, 11) is 0. The number of carbonyl (C=O) groups is 1. The van der Waals surface area contributed by atoms with E-state index >= 15 is 0 Å². The van der Waals surface area contributed by atoms with Gasteiger partial charge >= 0.3 is 11.6 Å². The zero-order valence-corrected chi connectivity index (χ0v) is 14.3. The van der Waals surface area contributed by atoms with Gasteiger partial charge in [-0.1, -0.05) is 19.8 Å². The molecule has 0 aliphatic rings. The fourth-order valence-electron chi connectivity index (χ4n) is 2.15. The van der Waals surface area contributed by atoms with Crippen molar-refractivity contribution in [3.8, 4) is 5.75 Å². The molecule has 1 aromatic carbocycles. The van der Waals surface area contributed by atoms with Gasteiger partial charge in [-0.05, 0) is 37.6 Å². The number of aromatic hydroxyl groups is 1. The van der Waals surface area contributed by atoms with Gasteiger partial charge in [0.05, 0.1) is 17.9 Å². The number of hydrogen-bond donors (Lipinski definition) is 1. The van der Waals surface area contributed by atoms with Crippen LogP contribution < -0.4 is 5.63 Å². The summed E-state index contributed by atoms with van der Waals surface area (Å²) in [6, 6.07) is 7.82. The van der Waals surface area contributed by atoms with Crippen molar-refractivity contribution < 1.29 is 19.1 Å². The van der Waals surface area contributed by atoms with E-state index in [1.807, 2.05) is 0 Å². The second-order valence-electron chi connectivity index (χ2n) is 5.59. The monoisotopic (exact) mass is 343 g/mol. The molecule has 1 N–H and O–H groups in total. The average molecular weight is 343 g/mol. The van der Waals surface area contributed by atoms with Gasteiger partial charge in [0.1, 0.15) is 17.1 Å². The van der Waals surface area contributed by atoms with Crippen LogP contribution in [0, 0.1) is 6.92 Å². The number of carbonyl (C=O) groups excluding carboxylic acids is 1. The van der Waals surface area contributed by atoms with Crippen molar-refractivity contribution in [3.63, 3.8) is 0 Å². The van der Waals surface area contributed by atoms with Crippen LogP contribution >= 0.6 is 0 Å². The SMILES string of the molecule is CCCCCOC(=O)c1ccc(N=Cc2c(O)cc(C)oc2=O)cc1. The number of ether oxygens (including phenoxy) is 1. The fraction of sp³-hybridized carbons (Fsp3) is 0.316. The van der Waals surface area contributed by atoms with Crippen molar-refractivity contribution in [2.24, 2.45) is 4.99 Å². The van der Waals surface area contributed by atoms with Crippen molar-refractivity contribution in [1.82, 2.24) is 0 Å². The van der Waals surface area contributed by atoms with Gasteiger partial charge in [-0.25, -0.2) is 9.59 Å². The normalized spacial score (nSPS) is 11.0. The average Bonchev–Trinajstić information content (AvgIpc) is 2.58. The van der Waals surface area contributed by atoms with E-state index in [0.29, 0.717) is 23.6 Å². The Balaban J connectivity index is 2.03. The van der Waals surface area contributed by atoms with E-state index in [0.717, 1.165) is 19.3 Å². The first-order chi connectivity index (χ1) is 12.0. The second-order valence-corrected chi connectivity index (χ2v) is 5.59. The third-order valence-corrected chi connectivity index (χ3v) is 3.52. The summed E-state index contributed by atoms with van der Waals surface area (Å²) >= 11 is 0. The van der Waals surface area contributed by atoms with E-state index in [4.69, 9.17) is 9.15 Å². The Morgan fingerprint density at radius 3 is 2.64 bits per heavy atom. The molecule has 0 atom stereocenters. The molecule has 0 saturated carbocycles. The van der Waals surface area contributed by atoms with Gasteiger partial charge < -0.3 is 14.3 Å². The Bertz CT molecular complexity index is 806. The van der Waals surface area contributed by atoms with Gasteiger partial charge in [0.25, 0.3) is 0 Å². The Kier molecular flexibility index (Phi) is 6.51. The Labute approximate surface area is 145 Å². The molecule has 1 aromatic heterocycles. The molecule has 2 rings (SSSR count). The summed E-state index contributed by atoms with van der Waals surface area (Å²) in [6.07, 6.45) is 4.19. The van der Waals surface area contributed by atoms with Crippen LogP contribution in [0.2, 0.25) is 0 Å². The zero-order chi connectivity index (χ0) is 18.2. The molecule has 0 unspecified atom stereocenters. The standard InChI is InChI=1S/C19H21NO5/c1-3-4-5-10-24-18(22)14-6-8-15(9-7-14)20-12-16-17(21)11-13(2)25-19(16)23/h6-9,11-12,21H,3-5,10H2,1-2H3. The van der Waals surface area contributed by atoms with E-state index in [1.54, 1.807) is 31.2 Å². The minimum Gasteiger partial charge on any atom is -0.507 e. The van der Waals surface area contributed by atoms with E-state index < -0.39 is 5.63 Å². The fourth-order valence-corrected chi connectivity index (χ4v) is 2.15. The molecule has 6 heteroatoms. The van der Waals surface area contributed by atoms with Crippen molar-refractivity contribution in [2.45, 2.75) is 33.1 Å². The Morgan fingerprint density at radius 2 is 2.00 bits per heavy atom. The highest BCUT2D eigenvalue weighted by atomic mass is 16.5. The molecule has 0 spiro atoms. The third-order valence-electron chi connectivity index (χ3n) is 3.52. The van der Waals surface area contributed by atoms with E-state index in [9.17, 15) is 14.7 Å². The Hall–Kier alpha value is -2.89. The van der Waals surface area contributed by atoms with Crippen LogP contribution in [-0.4, -0.2) is 23.9 Å². The zero-order valence-electron chi connectivity index (χ0n) is 14.3. The van der Waals surface area contributed by atoms with Crippen LogP contribution in [-0.2, 0) is 4.74 Å². The highest BCUT2D eigenvalue weighted by Gasteiger charge is 2.08. The molecule has 6 nitrogen and oxygen atoms in total. The molecule has 0 bridgehead atoms. The van der Waals surface area contributed by atoms with Crippen LogP contribution in [0.3, 0.4) is 0 Å². The van der Waals surface area contributed by atoms with Gasteiger partial charge in [0, 0.05) is 12.3 Å². The largest absolute Gasteiger partial charge is 0.507 e. The van der Waals surface area contributed by atoms with Crippen LogP contribution in [0.4, 0.5) is 5.69 Å². The molecule has 0 radical (unpaired) electrons. The lowest BCUT2D eigenvalue weighted by Crippen LogP contribution is -2.07. The van der Waals surface area contributed by atoms with Gasteiger partial charge in [-0.2, -0.15) is 0 Å². The molecule has 0 fully saturated rings. The van der Waals surface area contributed by atoms with Crippen LogP contribution in [0.1, 0.15) is 47.9 Å². The van der Waals surface area contributed by atoms with Gasteiger partial charge in [0.2, 0.25) is 0 Å². The van der Waals surface area contributed by atoms with E-state index in [-0.39, 0.29) is 17.3 Å². The summed E-state index contributed by atoms with van der Waals surface area (Å²) in [5.41, 5.74) is 0.286. The molecule has 132 valence electrons. The van der Waals surface area contributed by atoms with Crippen LogP contribution in [0.25, 0.3) is 0 Å². The summed E-state index contributed by atoms with van der Waals surface area (Å²) in [4.78, 5) is 27.7. The number of hydrogen-bond acceptors (Lipinski definition) is 6. The maximum atomic E-state index is 11.9. The van der Waals surface area contributed by atoms with Gasteiger partial charge in [0.15, 0.2) is 0 Å². The number of aliphatic imine (C=N–C) groups is 1. The molecular formula is C19H21NO5. The molecule has 0 aliphatic carbocycles. The number of nitrogens with zero attached hydrogens (tertiary/aromatic N) is 1.